The molecule has 0 aliphatic rings. The first-order valence-electron chi connectivity index (χ1n) is 6.58. The Labute approximate surface area is 114 Å². The zero-order chi connectivity index (χ0) is 14.4. The smallest absolute Gasteiger partial charge is 0.261 e. The number of ether oxygens (including phenoxy) is 1. The van der Waals surface area contributed by atoms with Crippen LogP contribution in [0, 0.1) is 20.8 Å². The first-order valence-corrected chi connectivity index (χ1v) is 6.58. The van der Waals surface area contributed by atoms with Gasteiger partial charge in [-0.15, -0.1) is 0 Å². The summed E-state index contributed by atoms with van der Waals surface area (Å²) in [7, 11) is 0. The normalized spacial score (nSPS) is 13.0. The summed E-state index contributed by atoms with van der Waals surface area (Å²) in [6.07, 6.45) is -1.05. The van der Waals surface area contributed by atoms with Crippen LogP contribution in [0.3, 0.4) is 0 Å². The number of aryl methyl sites for hydroxylation is 3. The van der Waals surface area contributed by atoms with Crippen molar-refractivity contribution in [3.63, 3.8) is 0 Å². The second-order valence-electron chi connectivity index (χ2n) is 5.10. The van der Waals surface area contributed by atoms with E-state index < -0.39 is 13.0 Å². The zero-order valence-electron chi connectivity index (χ0n) is 11.9. The van der Waals surface area contributed by atoms with Crippen LogP contribution in [-0.4, -0.2) is 25.7 Å². The molecule has 1 rings (SSSR count). The van der Waals surface area contributed by atoms with Gasteiger partial charge in [-0.3, -0.25) is 0 Å². The Bertz CT molecular complexity index is 384. The first-order chi connectivity index (χ1) is 8.90. The highest BCUT2D eigenvalue weighted by atomic mass is 19.3. The Morgan fingerprint density at radius 2 is 1.74 bits per heavy atom. The molecule has 2 nitrogen and oxygen atoms in total. The van der Waals surface area contributed by atoms with E-state index in [1.165, 1.54) is 22.3 Å². The number of benzene rings is 1. The second kappa shape index (κ2) is 7.56. The molecule has 0 amide bonds. The summed E-state index contributed by atoms with van der Waals surface area (Å²) >= 11 is 0. The van der Waals surface area contributed by atoms with Crippen molar-refractivity contribution in [3.8, 4) is 0 Å². The molecular formula is C15H23F2NO. The summed E-state index contributed by atoms with van der Waals surface area (Å²) in [5, 5.41) is 0. The third kappa shape index (κ3) is 5.66. The van der Waals surface area contributed by atoms with Gasteiger partial charge in [0.05, 0.1) is 0 Å². The number of hydrogen-bond acceptors (Lipinski definition) is 2. The van der Waals surface area contributed by atoms with Gasteiger partial charge in [-0.25, -0.2) is 8.78 Å². The fourth-order valence-electron chi connectivity index (χ4n) is 2.30. The van der Waals surface area contributed by atoms with Gasteiger partial charge in [-0.1, -0.05) is 17.7 Å². The largest absolute Gasteiger partial charge is 0.375 e. The predicted molar refractivity (Wildman–Crippen MR) is 73.8 cm³/mol. The first kappa shape index (κ1) is 16.1. The van der Waals surface area contributed by atoms with Gasteiger partial charge in [-0.05, 0) is 50.3 Å². The van der Waals surface area contributed by atoms with Crippen molar-refractivity contribution in [2.45, 2.75) is 46.1 Å². The molecule has 0 radical (unpaired) electrons. The second-order valence-corrected chi connectivity index (χ2v) is 5.10. The third-order valence-electron chi connectivity index (χ3n) is 3.18. The lowest BCUT2D eigenvalue weighted by Crippen LogP contribution is -2.26. The molecule has 0 spiro atoms. The monoisotopic (exact) mass is 271 g/mol. The molecule has 19 heavy (non-hydrogen) atoms. The number of rotatable bonds is 7. The molecule has 1 atom stereocenters. The van der Waals surface area contributed by atoms with Crippen LogP contribution in [0.5, 0.6) is 0 Å². The van der Waals surface area contributed by atoms with Crippen molar-refractivity contribution < 1.29 is 13.5 Å². The Morgan fingerprint density at radius 1 is 1.16 bits per heavy atom. The maximum atomic E-state index is 11.9. The van der Waals surface area contributed by atoms with Crippen LogP contribution >= 0.6 is 0 Å². The molecule has 4 heteroatoms. The molecule has 1 aromatic carbocycles. The molecule has 0 heterocycles. The van der Waals surface area contributed by atoms with Crippen LogP contribution in [-0.2, 0) is 11.2 Å². The summed E-state index contributed by atoms with van der Waals surface area (Å²) in [5.41, 5.74) is 11.0. The molecule has 0 bridgehead atoms. The molecule has 1 unspecified atom stereocenters. The average Bonchev–Trinajstić information content (AvgIpc) is 2.29. The highest BCUT2D eigenvalue weighted by Crippen LogP contribution is 2.18. The lowest BCUT2D eigenvalue weighted by Gasteiger charge is -2.16. The molecule has 0 aliphatic carbocycles. The van der Waals surface area contributed by atoms with Crippen LogP contribution in [0.1, 0.15) is 28.7 Å². The predicted octanol–water partition coefficient (Wildman–Crippen LogP) is 3.15. The summed E-state index contributed by atoms with van der Waals surface area (Å²) in [6, 6.07) is 4.22. The van der Waals surface area contributed by atoms with Gasteiger partial charge in [-0.2, -0.15) is 0 Å². The minimum atomic E-state index is -2.40. The van der Waals surface area contributed by atoms with E-state index in [4.69, 9.17) is 10.5 Å². The molecule has 0 saturated carbocycles. The minimum absolute atomic E-state index is 0.0576. The molecule has 0 aromatic heterocycles. The van der Waals surface area contributed by atoms with Crippen LogP contribution in [0.15, 0.2) is 12.1 Å². The van der Waals surface area contributed by atoms with Crippen LogP contribution in [0.2, 0.25) is 0 Å². The van der Waals surface area contributed by atoms with E-state index in [2.05, 4.69) is 32.9 Å². The van der Waals surface area contributed by atoms with Gasteiger partial charge in [0, 0.05) is 12.6 Å². The summed E-state index contributed by atoms with van der Waals surface area (Å²) in [5.74, 6) is 0. The van der Waals surface area contributed by atoms with Crippen molar-refractivity contribution in [2.24, 2.45) is 5.73 Å². The molecule has 0 fully saturated rings. The quantitative estimate of drug-likeness (QED) is 0.773. The summed E-state index contributed by atoms with van der Waals surface area (Å²) in [6.45, 7) is 6.01. The van der Waals surface area contributed by atoms with Crippen molar-refractivity contribution in [2.75, 3.05) is 13.2 Å². The molecule has 0 saturated heterocycles. The van der Waals surface area contributed by atoms with E-state index in [0.717, 1.165) is 6.42 Å². The van der Waals surface area contributed by atoms with Gasteiger partial charge in [0.25, 0.3) is 6.43 Å². The van der Waals surface area contributed by atoms with Crippen LogP contribution in [0.25, 0.3) is 0 Å². The topological polar surface area (TPSA) is 35.2 Å². The maximum Gasteiger partial charge on any atom is 0.261 e. The van der Waals surface area contributed by atoms with Gasteiger partial charge in [0.2, 0.25) is 0 Å². The van der Waals surface area contributed by atoms with Gasteiger partial charge in [0.15, 0.2) is 0 Å². The molecule has 108 valence electrons. The van der Waals surface area contributed by atoms with E-state index in [1.54, 1.807) is 0 Å². The number of alkyl halides is 2. The highest BCUT2D eigenvalue weighted by molar-refractivity contribution is 5.37. The fourth-order valence-corrected chi connectivity index (χ4v) is 2.30. The van der Waals surface area contributed by atoms with Crippen molar-refractivity contribution in [3.05, 3.63) is 34.4 Å². The van der Waals surface area contributed by atoms with Crippen molar-refractivity contribution >= 4 is 0 Å². The van der Waals surface area contributed by atoms with Gasteiger partial charge >= 0.3 is 0 Å². The molecule has 1 aromatic rings. The summed E-state index contributed by atoms with van der Waals surface area (Å²) in [4.78, 5) is 0. The van der Waals surface area contributed by atoms with Gasteiger partial charge < -0.3 is 10.5 Å². The van der Waals surface area contributed by atoms with E-state index in [0.29, 0.717) is 6.42 Å². The lowest BCUT2D eigenvalue weighted by atomic mass is 9.94. The van der Waals surface area contributed by atoms with Gasteiger partial charge in [0.1, 0.15) is 6.61 Å². The summed E-state index contributed by atoms with van der Waals surface area (Å²) < 4.78 is 28.6. The standard InChI is InChI=1S/C15H23F2NO/c1-10-6-11(2)14(12(3)7-10)8-13(18)4-5-19-9-15(16)17/h6-7,13,15H,4-5,8-9,18H2,1-3H3. The van der Waals surface area contributed by atoms with Crippen molar-refractivity contribution in [1.29, 1.82) is 0 Å². The van der Waals surface area contributed by atoms with E-state index in [9.17, 15) is 8.78 Å². The van der Waals surface area contributed by atoms with E-state index in [1.807, 2.05) is 0 Å². The molecular weight excluding hydrogens is 248 g/mol. The van der Waals surface area contributed by atoms with Crippen LogP contribution in [0.4, 0.5) is 8.78 Å². The van der Waals surface area contributed by atoms with Crippen molar-refractivity contribution in [1.82, 2.24) is 0 Å². The Balaban J connectivity index is 2.46. The maximum absolute atomic E-state index is 11.9. The number of halogens is 2. The molecule has 2 N–H and O–H groups in total. The SMILES string of the molecule is Cc1cc(C)c(CC(N)CCOCC(F)F)c(C)c1. The van der Waals surface area contributed by atoms with Crippen LogP contribution < -0.4 is 5.73 Å². The Morgan fingerprint density at radius 3 is 2.26 bits per heavy atom. The fraction of sp³-hybridized carbons (Fsp3) is 0.600. The van der Waals surface area contributed by atoms with E-state index >= 15 is 0 Å². The number of nitrogens with two attached hydrogens (primary N) is 1. The Hall–Kier alpha value is -1.00. The third-order valence-corrected chi connectivity index (χ3v) is 3.18. The van der Waals surface area contributed by atoms with E-state index in [-0.39, 0.29) is 12.6 Å². The average molecular weight is 271 g/mol. The zero-order valence-corrected chi connectivity index (χ0v) is 11.9. The Kier molecular flexibility index (Phi) is 6.38. The lowest BCUT2D eigenvalue weighted by molar-refractivity contribution is 0.0153. The molecule has 0 aliphatic heterocycles. The number of hydrogen-bond donors (Lipinski definition) is 1. The highest BCUT2D eigenvalue weighted by Gasteiger charge is 2.10. The minimum Gasteiger partial charge on any atom is -0.375 e.